The van der Waals surface area contributed by atoms with Crippen LogP contribution < -0.4 is 5.32 Å². The molecule has 4 heteroatoms. The third-order valence-electron chi connectivity index (χ3n) is 1.49. The van der Waals surface area contributed by atoms with Crippen molar-refractivity contribution in [3.63, 3.8) is 0 Å². The summed E-state index contributed by atoms with van der Waals surface area (Å²) in [6, 6.07) is 0. The van der Waals surface area contributed by atoms with Crippen molar-refractivity contribution in [3.8, 4) is 0 Å². The van der Waals surface area contributed by atoms with Gasteiger partial charge in [-0.3, -0.25) is 0 Å². The van der Waals surface area contributed by atoms with Crippen molar-refractivity contribution >= 4 is 0 Å². The van der Waals surface area contributed by atoms with Crippen LogP contribution in [0.5, 0.6) is 0 Å². The highest BCUT2D eigenvalue weighted by molar-refractivity contribution is 4.57. The van der Waals surface area contributed by atoms with Crippen LogP contribution >= 0.6 is 0 Å². The van der Waals surface area contributed by atoms with Crippen LogP contribution in [0.1, 0.15) is 20.8 Å². The Hall–Kier alpha value is -0.220. The summed E-state index contributed by atoms with van der Waals surface area (Å²) in [5.41, 5.74) is 0. The quantitative estimate of drug-likeness (QED) is 0.670. The van der Waals surface area contributed by atoms with Crippen LogP contribution in [0.2, 0.25) is 0 Å². The van der Waals surface area contributed by atoms with E-state index in [1.54, 1.807) is 6.92 Å². The summed E-state index contributed by atoms with van der Waals surface area (Å²) in [5.74, 6) is 0.572. The van der Waals surface area contributed by atoms with Crippen molar-refractivity contribution in [1.29, 1.82) is 0 Å². The van der Waals surface area contributed by atoms with E-state index in [1.807, 2.05) is 0 Å². The van der Waals surface area contributed by atoms with E-state index in [0.29, 0.717) is 12.5 Å². The zero-order valence-corrected chi connectivity index (χ0v) is 8.52. The van der Waals surface area contributed by atoms with Crippen molar-refractivity contribution in [2.75, 3.05) is 19.7 Å². The monoisotopic (exact) mass is 195 g/mol. The molecule has 1 unspecified atom stereocenters. The number of alkyl halides is 2. The molecule has 1 atom stereocenters. The molecule has 0 aliphatic heterocycles. The molecule has 0 aliphatic carbocycles. The fraction of sp³-hybridized carbons (Fsp3) is 1.00. The van der Waals surface area contributed by atoms with Crippen LogP contribution in [-0.2, 0) is 4.74 Å². The smallest absolute Gasteiger partial charge is 0.261 e. The molecule has 0 saturated heterocycles. The van der Waals surface area contributed by atoms with E-state index in [0.717, 1.165) is 6.54 Å². The molecule has 80 valence electrons. The van der Waals surface area contributed by atoms with E-state index in [2.05, 4.69) is 19.2 Å². The van der Waals surface area contributed by atoms with Crippen LogP contribution in [0.3, 0.4) is 0 Å². The molecule has 13 heavy (non-hydrogen) atoms. The predicted molar refractivity (Wildman–Crippen MR) is 49.1 cm³/mol. The standard InChI is InChI=1S/C9H19F2NO/c1-7(2)4-12-5-8(3)13-6-9(10)11/h7-9,12H,4-6H2,1-3H3. The van der Waals surface area contributed by atoms with E-state index in [1.165, 1.54) is 0 Å². The van der Waals surface area contributed by atoms with Gasteiger partial charge in [0.2, 0.25) is 0 Å². The molecular formula is C9H19F2NO. The molecule has 0 bridgehead atoms. The van der Waals surface area contributed by atoms with Crippen molar-refractivity contribution in [2.24, 2.45) is 5.92 Å². The summed E-state index contributed by atoms with van der Waals surface area (Å²) in [4.78, 5) is 0. The molecule has 0 amide bonds. The first-order valence-electron chi connectivity index (χ1n) is 4.62. The first kappa shape index (κ1) is 12.8. The Labute approximate surface area is 78.7 Å². The Morgan fingerprint density at radius 1 is 1.15 bits per heavy atom. The summed E-state index contributed by atoms with van der Waals surface area (Å²) in [5, 5.41) is 3.14. The largest absolute Gasteiger partial charge is 0.371 e. The van der Waals surface area contributed by atoms with Crippen LogP contribution in [0.25, 0.3) is 0 Å². The lowest BCUT2D eigenvalue weighted by atomic mass is 10.2. The van der Waals surface area contributed by atoms with Gasteiger partial charge in [0.25, 0.3) is 6.43 Å². The highest BCUT2D eigenvalue weighted by Gasteiger charge is 2.07. The molecule has 0 fully saturated rings. The maximum atomic E-state index is 11.7. The van der Waals surface area contributed by atoms with Gasteiger partial charge in [0.1, 0.15) is 6.61 Å². The summed E-state index contributed by atoms with van der Waals surface area (Å²) in [6.07, 6.45) is -2.51. The minimum atomic E-state index is -2.37. The molecule has 0 aromatic heterocycles. The lowest BCUT2D eigenvalue weighted by Crippen LogP contribution is -2.30. The van der Waals surface area contributed by atoms with E-state index in [4.69, 9.17) is 4.74 Å². The molecule has 0 saturated carbocycles. The molecule has 0 spiro atoms. The fourth-order valence-corrected chi connectivity index (χ4v) is 0.871. The Balaban J connectivity index is 3.25. The zero-order chi connectivity index (χ0) is 10.3. The average Bonchev–Trinajstić information content (AvgIpc) is 2.00. The second-order valence-corrected chi connectivity index (χ2v) is 3.59. The van der Waals surface area contributed by atoms with Gasteiger partial charge in [-0.05, 0) is 19.4 Å². The van der Waals surface area contributed by atoms with Gasteiger partial charge >= 0.3 is 0 Å². The minimum absolute atomic E-state index is 0.146. The highest BCUT2D eigenvalue weighted by Crippen LogP contribution is 1.97. The predicted octanol–water partition coefficient (Wildman–Crippen LogP) is 1.90. The van der Waals surface area contributed by atoms with E-state index < -0.39 is 13.0 Å². The van der Waals surface area contributed by atoms with Crippen molar-refractivity contribution in [3.05, 3.63) is 0 Å². The Kier molecular flexibility index (Phi) is 7.09. The molecule has 0 rings (SSSR count). The maximum absolute atomic E-state index is 11.7. The number of ether oxygens (including phenoxy) is 1. The number of hydrogen-bond acceptors (Lipinski definition) is 2. The van der Waals surface area contributed by atoms with Gasteiger partial charge in [-0.2, -0.15) is 0 Å². The van der Waals surface area contributed by atoms with Crippen molar-refractivity contribution in [2.45, 2.75) is 33.3 Å². The van der Waals surface area contributed by atoms with Crippen LogP contribution in [0, 0.1) is 5.92 Å². The summed E-state index contributed by atoms with van der Waals surface area (Å²) < 4.78 is 28.3. The summed E-state index contributed by atoms with van der Waals surface area (Å²) in [7, 11) is 0. The van der Waals surface area contributed by atoms with Crippen LogP contribution in [0.15, 0.2) is 0 Å². The Morgan fingerprint density at radius 3 is 2.23 bits per heavy atom. The lowest BCUT2D eigenvalue weighted by Gasteiger charge is -2.14. The Morgan fingerprint density at radius 2 is 1.77 bits per heavy atom. The van der Waals surface area contributed by atoms with E-state index >= 15 is 0 Å². The third-order valence-corrected chi connectivity index (χ3v) is 1.49. The number of hydrogen-bond donors (Lipinski definition) is 1. The molecular weight excluding hydrogens is 176 g/mol. The molecule has 1 N–H and O–H groups in total. The highest BCUT2D eigenvalue weighted by atomic mass is 19.3. The number of rotatable bonds is 7. The fourth-order valence-electron chi connectivity index (χ4n) is 0.871. The first-order valence-corrected chi connectivity index (χ1v) is 4.62. The molecule has 0 aromatic carbocycles. The van der Waals surface area contributed by atoms with Gasteiger partial charge < -0.3 is 10.1 Å². The lowest BCUT2D eigenvalue weighted by molar-refractivity contribution is -0.0165. The van der Waals surface area contributed by atoms with Gasteiger partial charge in [0, 0.05) is 6.54 Å². The molecule has 0 aliphatic rings. The molecule has 0 radical (unpaired) electrons. The van der Waals surface area contributed by atoms with Gasteiger partial charge in [-0.25, -0.2) is 8.78 Å². The number of nitrogens with one attached hydrogen (secondary N) is 1. The zero-order valence-electron chi connectivity index (χ0n) is 8.52. The molecule has 0 aromatic rings. The average molecular weight is 195 g/mol. The van der Waals surface area contributed by atoms with Crippen LogP contribution in [-0.4, -0.2) is 32.2 Å². The Bertz CT molecular complexity index is 120. The summed E-state index contributed by atoms with van der Waals surface area (Å²) >= 11 is 0. The minimum Gasteiger partial charge on any atom is -0.371 e. The second kappa shape index (κ2) is 7.21. The maximum Gasteiger partial charge on any atom is 0.261 e. The number of halogens is 2. The van der Waals surface area contributed by atoms with E-state index in [-0.39, 0.29) is 6.10 Å². The van der Waals surface area contributed by atoms with Crippen molar-refractivity contribution < 1.29 is 13.5 Å². The van der Waals surface area contributed by atoms with Gasteiger partial charge in [0.15, 0.2) is 0 Å². The molecule has 0 heterocycles. The van der Waals surface area contributed by atoms with E-state index in [9.17, 15) is 8.78 Å². The van der Waals surface area contributed by atoms with Crippen molar-refractivity contribution in [1.82, 2.24) is 5.32 Å². The first-order chi connectivity index (χ1) is 6.02. The summed E-state index contributed by atoms with van der Waals surface area (Å²) in [6.45, 7) is 7.03. The SMILES string of the molecule is CC(C)CNCC(C)OCC(F)F. The molecule has 2 nitrogen and oxygen atoms in total. The van der Waals surface area contributed by atoms with Gasteiger partial charge in [-0.1, -0.05) is 13.8 Å². The normalized spacial score (nSPS) is 14.1. The topological polar surface area (TPSA) is 21.3 Å². The third kappa shape index (κ3) is 9.70. The van der Waals surface area contributed by atoms with Crippen LogP contribution in [0.4, 0.5) is 8.78 Å². The van der Waals surface area contributed by atoms with Gasteiger partial charge in [-0.15, -0.1) is 0 Å². The second-order valence-electron chi connectivity index (χ2n) is 3.59. The van der Waals surface area contributed by atoms with Gasteiger partial charge in [0.05, 0.1) is 6.10 Å².